The maximum Gasteiger partial charge on any atom is 0.271 e. The topological polar surface area (TPSA) is 66.5 Å². The SMILES string of the molecule is Cc1ccccc1CN(C)C(=O)Cc1ccc(NS(=O)(=O)c2cccs2)cc1. The lowest BCUT2D eigenvalue weighted by atomic mass is 10.1. The molecule has 146 valence electrons. The minimum Gasteiger partial charge on any atom is -0.341 e. The number of hydrogen-bond donors (Lipinski definition) is 1. The molecule has 0 aliphatic heterocycles. The van der Waals surface area contributed by atoms with Gasteiger partial charge < -0.3 is 4.90 Å². The third kappa shape index (κ3) is 4.99. The Balaban J connectivity index is 1.61. The van der Waals surface area contributed by atoms with Crippen molar-refractivity contribution < 1.29 is 13.2 Å². The maximum absolute atomic E-state index is 12.5. The number of hydrogen-bond acceptors (Lipinski definition) is 4. The molecular formula is C21H22N2O3S2. The molecule has 0 aliphatic rings. The first-order chi connectivity index (χ1) is 13.3. The van der Waals surface area contributed by atoms with Gasteiger partial charge in [0.2, 0.25) is 5.91 Å². The number of carbonyl (C=O) groups excluding carboxylic acids is 1. The Morgan fingerprint density at radius 1 is 1.04 bits per heavy atom. The molecule has 0 spiro atoms. The third-order valence-electron chi connectivity index (χ3n) is 4.42. The van der Waals surface area contributed by atoms with Crippen LogP contribution in [0, 0.1) is 6.92 Å². The van der Waals surface area contributed by atoms with Crippen molar-refractivity contribution in [3.8, 4) is 0 Å². The first kappa shape index (κ1) is 20.1. The summed E-state index contributed by atoms with van der Waals surface area (Å²) in [4.78, 5) is 14.2. The highest BCUT2D eigenvalue weighted by atomic mass is 32.2. The van der Waals surface area contributed by atoms with Gasteiger partial charge in [-0.25, -0.2) is 8.42 Å². The molecule has 7 heteroatoms. The first-order valence-electron chi connectivity index (χ1n) is 8.79. The number of rotatable bonds is 7. The Hall–Kier alpha value is -2.64. The Morgan fingerprint density at radius 2 is 1.75 bits per heavy atom. The van der Waals surface area contributed by atoms with Crippen LogP contribution in [0.5, 0.6) is 0 Å². The molecule has 0 saturated heterocycles. The van der Waals surface area contributed by atoms with Gasteiger partial charge in [0, 0.05) is 19.3 Å². The van der Waals surface area contributed by atoms with Crippen LogP contribution >= 0.6 is 11.3 Å². The summed E-state index contributed by atoms with van der Waals surface area (Å²) in [5.74, 6) is 0.00942. The van der Waals surface area contributed by atoms with Crippen molar-refractivity contribution in [3.63, 3.8) is 0 Å². The fourth-order valence-electron chi connectivity index (χ4n) is 2.75. The van der Waals surface area contributed by atoms with Crippen LogP contribution in [-0.4, -0.2) is 26.3 Å². The molecule has 5 nitrogen and oxygen atoms in total. The summed E-state index contributed by atoms with van der Waals surface area (Å²) in [5.41, 5.74) is 3.58. The second-order valence-corrected chi connectivity index (χ2v) is 9.44. The normalized spacial score (nSPS) is 11.2. The van der Waals surface area contributed by atoms with E-state index in [4.69, 9.17) is 0 Å². The fraction of sp³-hybridized carbons (Fsp3) is 0.190. The maximum atomic E-state index is 12.5. The molecule has 0 aliphatic carbocycles. The zero-order valence-corrected chi connectivity index (χ0v) is 17.4. The predicted molar refractivity (Wildman–Crippen MR) is 113 cm³/mol. The highest BCUT2D eigenvalue weighted by Crippen LogP contribution is 2.20. The lowest BCUT2D eigenvalue weighted by Crippen LogP contribution is -2.28. The molecule has 1 heterocycles. The van der Waals surface area contributed by atoms with Crippen LogP contribution in [0.25, 0.3) is 0 Å². The van der Waals surface area contributed by atoms with Gasteiger partial charge in [-0.1, -0.05) is 42.5 Å². The molecule has 1 aromatic heterocycles. The van der Waals surface area contributed by atoms with E-state index in [9.17, 15) is 13.2 Å². The van der Waals surface area contributed by atoms with Gasteiger partial charge in [-0.2, -0.15) is 0 Å². The number of anilines is 1. The van der Waals surface area contributed by atoms with Gasteiger partial charge in [-0.05, 0) is 47.2 Å². The second kappa shape index (κ2) is 8.58. The van der Waals surface area contributed by atoms with Crippen LogP contribution in [0.1, 0.15) is 16.7 Å². The van der Waals surface area contributed by atoms with E-state index in [-0.39, 0.29) is 16.5 Å². The summed E-state index contributed by atoms with van der Waals surface area (Å²) in [5, 5.41) is 1.72. The minimum atomic E-state index is -3.56. The lowest BCUT2D eigenvalue weighted by Gasteiger charge is -2.18. The summed E-state index contributed by atoms with van der Waals surface area (Å²) >= 11 is 1.16. The largest absolute Gasteiger partial charge is 0.341 e. The average molecular weight is 415 g/mol. The molecule has 1 amide bonds. The quantitative estimate of drug-likeness (QED) is 0.634. The van der Waals surface area contributed by atoms with Gasteiger partial charge in [0.15, 0.2) is 0 Å². The number of thiophene rings is 1. The van der Waals surface area contributed by atoms with Gasteiger partial charge in [0.05, 0.1) is 6.42 Å². The number of benzene rings is 2. The van der Waals surface area contributed by atoms with Crippen molar-refractivity contribution in [2.75, 3.05) is 11.8 Å². The van der Waals surface area contributed by atoms with Crippen LogP contribution in [0.2, 0.25) is 0 Å². The molecule has 0 bridgehead atoms. The zero-order valence-electron chi connectivity index (χ0n) is 15.8. The molecule has 0 unspecified atom stereocenters. The highest BCUT2D eigenvalue weighted by molar-refractivity contribution is 7.94. The summed E-state index contributed by atoms with van der Waals surface area (Å²) < 4.78 is 27.3. The van der Waals surface area contributed by atoms with Crippen LogP contribution < -0.4 is 4.72 Å². The van der Waals surface area contributed by atoms with Gasteiger partial charge in [-0.15, -0.1) is 11.3 Å². The lowest BCUT2D eigenvalue weighted by molar-refractivity contribution is -0.129. The Kier molecular flexibility index (Phi) is 6.16. The van der Waals surface area contributed by atoms with Crippen LogP contribution in [0.15, 0.2) is 70.3 Å². The Morgan fingerprint density at radius 3 is 2.39 bits per heavy atom. The number of sulfonamides is 1. The fourth-order valence-corrected chi connectivity index (χ4v) is 4.80. The van der Waals surface area contributed by atoms with Crippen LogP contribution in [0.4, 0.5) is 5.69 Å². The number of amides is 1. The molecular weight excluding hydrogens is 392 g/mol. The second-order valence-electron chi connectivity index (χ2n) is 6.59. The van der Waals surface area contributed by atoms with Crippen molar-refractivity contribution in [2.45, 2.75) is 24.1 Å². The molecule has 0 saturated carbocycles. The molecule has 1 N–H and O–H groups in total. The van der Waals surface area contributed by atoms with Gasteiger partial charge in [0.25, 0.3) is 10.0 Å². The van der Waals surface area contributed by atoms with Crippen molar-refractivity contribution in [3.05, 3.63) is 82.7 Å². The van der Waals surface area contributed by atoms with E-state index in [2.05, 4.69) is 4.72 Å². The first-order valence-corrected chi connectivity index (χ1v) is 11.2. The summed E-state index contributed by atoms with van der Waals surface area (Å²) in [6.07, 6.45) is 0.264. The molecule has 3 rings (SSSR count). The van der Waals surface area contributed by atoms with Gasteiger partial charge in [-0.3, -0.25) is 9.52 Å². The summed E-state index contributed by atoms with van der Waals surface area (Å²) in [6.45, 7) is 2.59. The molecule has 28 heavy (non-hydrogen) atoms. The zero-order chi connectivity index (χ0) is 20.1. The van der Waals surface area contributed by atoms with Crippen molar-refractivity contribution in [2.24, 2.45) is 0 Å². The van der Waals surface area contributed by atoms with Crippen LogP contribution in [-0.2, 0) is 27.8 Å². The molecule has 0 fully saturated rings. The predicted octanol–water partition coefficient (Wildman–Crippen LogP) is 4.06. The van der Waals surface area contributed by atoms with E-state index < -0.39 is 10.0 Å². The van der Waals surface area contributed by atoms with Crippen molar-refractivity contribution >= 4 is 33.0 Å². The van der Waals surface area contributed by atoms with E-state index in [1.54, 1.807) is 53.7 Å². The minimum absolute atomic E-state index is 0.00942. The Bertz CT molecular complexity index is 1040. The van der Waals surface area contributed by atoms with E-state index in [1.165, 1.54) is 0 Å². The molecule has 0 radical (unpaired) electrons. The monoisotopic (exact) mass is 414 g/mol. The van der Waals surface area contributed by atoms with Crippen LogP contribution in [0.3, 0.4) is 0 Å². The van der Waals surface area contributed by atoms with Gasteiger partial charge >= 0.3 is 0 Å². The number of nitrogens with one attached hydrogen (secondary N) is 1. The summed E-state index contributed by atoms with van der Waals surface area (Å²) in [6, 6.07) is 18.1. The van der Waals surface area contributed by atoms with Gasteiger partial charge in [0.1, 0.15) is 4.21 Å². The number of likely N-dealkylation sites (N-methyl/N-ethyl adjacent to an activating group) is 1. The number of carbonyl (C=O) groups is 1. The van der Waals surface area contributed by atoms with E-state index in [0.29, 0.717) is 12.2 Å². The Labute approximate surface area is 169 Å². The van der Waals surface area contributed by atoms with E-state index >= 15 is 0 Å². The standard InChI is InChI=1S/C21H22N2O3S2/c1-16-6-3-4-7-18(16)15-23(2)20(24)14-17-9-11-19(12-10-17)22-28(25,26)21-8-5-13-27-21/h3-13,22H,14-15H2,1-2H3. The van der Waals surface area contributed by atoms with Crippen molar-refractivity contribution in [1.82, 2.24) is 4.90 Å². The summed E-state index contributed by atoms with van der Waals surface area (Å²) in [7, 11) is -1.77. The van der Waals surface area contributed by atoms with Crippen molar-refractivity contribution in [1.29, 1.82) is 0 Å². The highest BCUT2D eigenvalue weighted by Gasteiger charge is 2.15. The molecule has 0 atom stereocenters. The molecule has 2 aromatic carbocycles. The molecule has 3 aromatic rings. The van der Waals surface area contributed by atoms with E-state index in [0.717, 1.165) is 28.0 Å². The van der Waals surface area contributed by atoms with E-state index in [1.807, 2.05) is 31.2 Å². The average Bonchev–Trinajstić information content (AvgIpc) is 3.21. The third-order valence-corrected chi connectivity index (χ3v) is 7.19. The number of aryl methyl sites for hydroxylation is 1. The number of nitrogens with zero attached hydrogens (tertiary/aromatic N) is 1. The smallest absolute Gasteiger partial charge is 0.271 e.